The second-order valence-corrected chi connectivity index (χ2v) is 15.0. The first-order valence-electron chi connectivity index (χ1n) is 19.5. The third-order valence-corrected chi connectivity index (χ3v) is 11.8. The Bertz CT molecular complexity index is 3000. The summed E-state index contributed by atoms with van der Waals surface area (Å²) in [5.74, 6) is 1.88. The lowest BCUT2D eigenvalue weighted by Crippen LogP contribution is -2.26. The summed E-state index contributed by atoms with van der Waals surface area (Å²) in [4.78, 5) is 21.0. The van der Waals surface area contributed by atoms with Crippen molar-refractivity contribution in [3.63, 3.8) is 0 Å². The highest BCUT2D eigenvalue weighted by atomic mass is 15.0. The summed E-state index contributed by atoms with van der Waals surface area (Å²) in [6, 6.07) is 65.0. The van der Waals surface area contributed by atoms with Gasteiger partial charge in [0.15, 0.2) is 17.5 Å². The second-order valence-electron chi connectivity index (χ2n) is 15.0. The Hall–Kier alpha value is -7.30. The van der Waals surface area contributed by atoms with Crippen LogP contribution in [0.3, 0.4) is 0 Å². The van der Waals surface area contributed by atoms with Gasteiger partial charge in [-0.25, -0.2) is 15.0 Å². The van der Waals surface area contributed by atoms with E-state index < -0.39 is 5.41 Å². The molecule has 0 fully saturated rings. The maximum Gasteiger partial charge on any atom is 0.164 e. The molecule has 0 atom stereocenters. The van der Waals surface area contributed by atoms with E-state index in [1.807, 2.05) is 31.2 Å². The molecule has 0 bridgehead atoms. The number of aromatic nitrogens is 4. The molecule has 0 saturated carbocycles. The molecule has 0 saturated heterocycles. The minimum Gasteiger partial charge on any atom is -0.258 e. The van der Waals surface area contributed by atoms with Gasteiger partial charge in [0.25, 0.3) is 0 Å². The van der Waals surface area contributed by atoms with Gasteiger partial charge in [0.2, 0.25) is 0 Å². The Morgan fingerprint density at radius 3 is 1.44 bits per heavy atom. The summed E-state index contributed by atoms with van der Waals surface area (Å²) >= 11 is 0. The van der Waals surface area contributed by atoms with E-state index in [1.54, 1.807) is 0 Å². The number of pyridine rings is 1. The molecule has 0 radical (unpaired) electrons. The molecule has 0 N–H and O–H groups in total. The van der Waals surface area contributed by atoms with Gasteiger partial charge in [0.05, 0.1) is 5.41 Å². The fourth-order valence-corrected chi connectivity index (χ4v) is 9.42. The molecule has 11 rings (SSSR count). The number of nitrogens with zero attached hydrogens (tertiary/aromatic N) is 4. The van der Waals surface area contributed by atoms with Crippen molar-refractivity contribution in [3.8, 4) is 78.7 Å². The molecule has 4 heteroatoms. The summed E-state index contributed by atoms with van der Waals surface area (Å²) in [5, 5.41) is 0. The highest BCUT2D eigenvalue weighted by Gasteiger charge is 2.52. The van der Waals surface area contributed by atoms with Crippen LogP contribution in [0.15, 0.2) is 182 Å². The highest BCUT2D eigenvalue weighted by Crippen LogP contribution is 2.64. The second kappa shape index (κ2) is 12.9. The van der Waals surface area contributed by atoms with E-state index in [1.165, 1.54) is 38.9 Å². The van der Waals surface area contributed by atoms with Crippen LogP contribution in [-0.4, -0.2) is 19.9 Å². The van der Waals surface area contributed by atoms with Crippen LogP contribution < -0.4 is 0 Å². The average Bonchev–Trinajstić information content (AvgIpc) is 3.74. The molecule has 0 unspecified atom stereocenters. The lowest BCUT2D eigenvalue weighted by Gasteiger charge is -2.31. The van der Waals surface area contributed by atoms with Gasteiger partial charge in [0, 0.05) is 33.6 Å². The molecule has 0 amide bonds. The van der Waals surface area contributed by atoms with Crippen LogP contribution in [0.5, 0.6) is 0 Å². The Morgan fingerprint density at radius 1 is 0.316 bits per heavy atom. The van der Waals surface area contributed by atoms with E-state index in [0.29, 0.717) is 17.5 Å². The molecule has 2 aliphatic carbocycles. The first-order valence-corrected chi connectivity index (χ1v) is 19.5. The van der Waals surface area contributed by atoms with Crippen molar-refractivity contribution in [2.75, 3.05) is 0 Å². The standard InChI is InChI=1S/C53H36N4/c1-33-29-30-38(34(2)54-33)37-31-44(49-43-25-13-16-28-47(43)53(48(49)32-37)45-26-14-11-22-40(45)41-23-12-15-27-46(41)53)52-56-50(36-19-7-4-8-20-36)55-51(57-52)42-24-10-9-21-39(42)35-17-5-3-6-18-35/h3-32H,1-2H3. The molecule has 1 spiro atoms. The molecule has 2 aliphatic rings. The van der Waals surface area contributed by atoms with Crippen molar-refractivity contribution in [2.45, 2.75) is 19.3 Å². The number of hydrogen-bond acceptors (Lipinski definition) is 4. The summed E-state index contributed by atoms with van der Waals surface area (Å²) < 4.78 is 0. The van der Waals surface area contributed by atoms with Crippen LogP contribution >= 0.6 is 0 Å². The Kier molecular flexibility index (Phi) is 7.48. The van der Waals surface area contributed by atoms with E-state index in [2.05, 4.69) is 165 Å². The van der Waals surface area contributed by atoms with E-state index in [-0.39, 0.29) is 0 Å². The summed E-state index contributed by atoms with van der Waals surface area (Å²) in [7, 11) is 0. The zero-order valence-corrected chi connectivity index (χ0v) is 31.6. The van der Waals surface area contributed by atoms with Crippen molar-refractivity contribution in [3.05, 3.63) is 216 Å². The number of benzene rings is 7. The van der Waals surface area contributed by atoms with E-state index >= 15 is 0 Å². The number of rotatable bonds is 5. The Labute approximate surface area is 332 Å². The van der Waals surface area contributed by atoms with Crippen LogP contribution in [-0.2, 0) is 5.41 Å². The van der Waals surface area contributed by atoms with E-state index in [4.69, 9.17) is 19.9 Å². The molecule has 2 aromatic heterocycles. The molecule has 4 nitrogen and oxygen atoms in total. The number of fused-ring (bicyclic) bond motifs is 10. The van der Waals surface area contributed by atoms with Crippen molar-refractivity contribution in [1.29, 1.82) is 0 Å². The predicted octanol–water partition coefficient (Wildman–Crippen LogP) is 12.6. The van der Waals surface area contributed by atoms with Crippen LogP contribution in [0.4, 0.5) is 0 Å². The van der Waals surface area contributed by atoms with Gasteiger partial charge in [-0.1, -0.05) is 164 Å². The van der Waals surface area contributed by atoms with Gasteiger partial charge in [-0.05, 0) is 93.2 Å². The number of aryl methyl sites for hydroxylation is 2. The first-order chi connectivity index (χ1) is 28.1. The van der Waals surface area contributed by atoms with Crippen molar-refractivity contribution < 1.29 is 0 Å². The van der Waals surface area contributed by atoms with Crippen LogP contribution in [0.2, 0.25) is 0 Å². The molecule has 9 aromatic rings. The van der Waals surface area contributed by atoms with Gasteiger partial charge in [-0.3, -0.25) is 4.98 Å². The largest absolute Gasteiger partial charge is 0.258 e. The van der Waals surface area contributed by atoms with Crippen LogP contribution in [0.1, 0.15) is 33.6 Å². The van der Waals surface area contributed by atoms with Crippen LogP contribution in [0.25, 0.3) is 78.7 Å². The molecule has 2 heterocycles. The summed E-state index contributed by atoms with van der Waals surface area (Å²) in [6.45, 7) is 4.16. The third-order valence-electron chi connectivity index (χ3n) is 11.8. The van der Waals surface area contributed by atoms with Gasteiger partial charge in [-0.15, -0.1) is 0 Å². The lowest BCUT2D eigenvalue weighted by atomic mass is 9.70. The lowest BCUT2D eigenvalue weighted by molar-refractivity contribution is 0.794. The topological polar surface area (TPSA) is 51.6 Å². The minimum absolute atomic E-state index is 0.548. The van der Waals surface area contributed by atoms with Gasteiger partial charge in [0.1, 0.15) is 0 Å². The fraction of sp³-hybridized carbons (Fsp3) is 0.0566. The first kappa shape index (κ1) is 33.1. The zero-order chi connectivity index (χ0) is 38.1. The monoisotopic (exact) mass is 728 g/mol. The highest BCUT2D eigenvalue weighted by molar-refractivity contribution is 6.01. The molecule has 7 aromatic carbocycles. The smallest absolute Gasteiger partial charge is 0.164 e. The molecular formula is C53H36N4. The molecule has 57 heavy (non-hydrogen) atoms. The van der Waals surface area contributed by atoms with Crippen molar-refractivity contribution >= 4 is 0 Å². The van der Waals surface area contributed by atoms with Crippen LogP contribution in [0, 0.1) is 13.8 Å². The van der Waals surface area contributed by atoms with Gasteiger partial charge >= 0.3 is 0 Å². The van der Waals surface area contributed by atoms with E-state index in [0.717, 1.165) is 55.9 Å². The fourth-order valence-electron chi connectivity index (χ4n) is 9.42. The van der Waals surface area contributed by atoms with E-state index in [9.17, 15) is 0 Å². The quantitative estimate of drug-likeness (QED) is 0.177. The van der Waals surface area contributed by atoms with Crippen molar-refractivity contribution in [2.24, 2.45) is 0 Å². The third kappa shape index (κ3) is 5.00. The van der Waals surface area contributed by atoms with Crippen molar-refractivity contribution in [1.82, 2.24) is 19.9 Å². The van der Waals surface area contributed by atoms with Gasteiger partial charge < -0.3 is 0 Å². The normalized spacial score (nSPS) is 12.9. The molecule has 0 aliphatic heterocycles. The number of hydrogen-bond donors (Lipinski definition) is 0. The minimum atomic E-state index is -0.548. The molecule has 268 valence electrons. The Balaban J connectivity index is 1.27. The maximum atomic E-state index is 5.47. The SMILES string of the molecule is Cc1ccc(-c2cc(-c3nc(-c4ccccc4)nc(-c4ccccc4-c4ccccc4)n3)c3c(c2)C2(c4ccccc4-c4ccccc42)c2ccccc2-3)c(C)n1. The maximum absolute atomic E-state index is 5.47. The molecular weight excluding hydrogens is 693 g/mol. The zero-order valence-electron chi connectivity index (χ0n) is 31.6. The van der Waals surface area contributed by atoms with Gasteiger partial charge in [-0.2, -0.15) is 0 Å². The predicted molar refractivity (Wildman–Crippen MR) is 231 cm³/mol. The Morgan fingerprint density at radius 2 is 0.807 bits per heavy atom. The summed E-state index contributed by atoms with van der Waals surface area (Å²) in [6.07, 6.45) is 0. The average molecular weight is 729 g/mol. The summed E-state index contributed by atoms with van der Waals surface area (Å²) in [5.41, 5.74) is 18.5.